The molecule has 1 saturated carbocycles. The first-order valence-electron chi connectivity index (χ1n) is 5.46. The molecule has 4 N–H and O–H groups in total. The van der Waals surface area contributed by atoms with Gasteiger partial charge in [-0.05, 0) is 18.8 Å². The van der Waals surface area contributed by atoms with Crippen LogP contribution in [0.1, 0.15) is 19.3 Å². The molecule has 102 valence electrons. The van der Waals surface area contributed by atoms with Crippen LogP contribution in [-0.4, -0.2) is 40.3 Å². The molecular formula is C9H21IN4O2S. The molecule has 0 aromatic rings. The SMILES string of the molecule is CS(=O)(=O)NCCNC(N)=NCC1CCC1.I. The molecule has 8 heteroatoms. The van der Waals surface area contributed by atoms with E-state index in [0.29, 0.717) is 25.0 Å². The van der Waals surface area contributed by atoms with Crippen molar-refractivity contribution in [3.8, 4) is 0 Å². The summed E-state index contributed by atoms with van der Waals surface area (Å²) in [7, 11) is -3.11. The molecule has 0 aromatic carbocycles. The Balaban J connectivity index is 0.00000256. The summed E-state index contributed by atoms with van der Waals surface area (Å²) in [6.07, 6.45) is 4.91. The van der Waals surface area contributed by atoms with E-state index in [2.05, 4.69) is 15.0 Å². The lowest BCUT2D eigenvalue weighted by molar-refractivity contribution is 0.326. The van der Waals surface area contributed by atoms with Gasteiger partial charge < -0.3 is 11.1 Å². The van der Waals surface area contributed by atoms with Crippen molar-refractivity contribution in [3.05, 3.63) is 0 Å². The normalized spacial score (nSPS) is 17.1. The second-order valence-corrected chi connectivity index (χ2v) is 5.95. The highest BCUT2D eigenvalue weighted by atomic mass is 127. The molecule has 0 aromatic heterocycles. The highest BCUT2D eigenvalue weighted by molar-refractivity contribution is 14.0. The van der Waals surface area contributed by atoms with Gasteiger partial charge in [-0.1, -0.05) is 6.42 Å². The van der Waals surface area contributed by atoms with Crippen molar-refractivity contribution in [3.63, 3.8) is 0 Å². The molecule has 0 radical (unpaired) electrons. The number of hydrogen-bond acceptors (Lipinski definition) is 3. The fraction of sp³-hybridized carbons (Fsp3) is 0.889. The van der Waals surface area contributed by atoms with Crippen LogP contribution in [0.3, 0.4) is 0 Å². The molecule has 0 saturated heterocycles. The Hall–Kier alpha value is -0.0900. The predicted octanol–water partition coefficient (Wildman–Crippen LogP) is -0.142. The van der Waals surface area contributed by atoms with Crippen molar-refractivity contribution in [2.75, 3.05) is 25.9 Å². The summed E-state index contributed by atoms with van der Waals surface area (Å²) in [6, 6.07) is 0. The molecule has 0 aliphatic heterocycles. The number of hydrogen-bond donors (Lipinski definition) is 3. The quantitative estimate of drug-likeness (QED) is 0.260. The topological polar surface area (TPSA) is 96.6 Å². The van der Waals surface area contributed by atoms with E-state index >= 15 is 0 Å². The molecule has 0 atom stereocenters. The third kappa shape index (κ3) is 8.61. The first-order valence-corrected chi connectivity index (χ1v) is 7.35. The van der Waals surface area contributed by atoms with Crippen LogP contribution in [0.4, 0.5) is 0 Å². The van der Waals surface area contributed by atoms with Gasteiger partial charge in [-0.15, -0.1) is 24.0 Å². The van der Waals surface area contributed by atoms with Crippen molar-refractivity contribution in [1.29, 1.82) is 0 Å². The molecule has 17 heavy (non-hydrogen) atoms. The molecule has 1 aliphatic rings. The van der Waals surface area contributed by atoms with Gasteiger partial charge in [-0.2, -0.15) is 0 Å². The van der Waals surface area contributed by atoms with Crippen LogP contribution in [0.5, 0.6) is 0 Å². The monoisotopic (exact) mass is 376 g/mol. The lowest BCUT2D eigenvalue weighted by atomic mass is 9.86. The van der Waals surface area contributed by atoms with Gasteiger partial charge in [0.05, 0.1) is 6.26 Å². The first kappa shape index (κ1) is 16.9. The third-order valence-electron chi connectivity index (χ3n) is 2.54. The maximum absolute atomic E-state index is 10.7. The summed E-state index contributed by atoms with van der Waals surface area (Å²) in [6.45, 7) is 1.55. The van der Waals surface area contributed by atoms with Crippen LogP contribution in [-0.2, 0) is 10.0 Å². The number of halogens is 1. The van der Waals surface area contributed by atoms with Crippen LogP contribution in [0.25, 0.3) is 0 Å². The van der Waals surface area contributed by atoms with Gasteiger partial charge in [0.1, 0.15) is 0 Å². The summed E-state index contributed by atoms with van der Waals surface area (Å²) in [5.41, 5.74) is 5.61. The number of nitrogens with one attached hydrogen (secondary N) is 2. The summed E-state index contributed by atoms with van der Waals surface area (Å²) < 4.78 is 23.8. The minimum atomic E-state index is -3.11. The standard InChI is InChI=1S/C9H20N4O2S.HI/c1-16(14,15)13-6-5-11-9(10)12-7-8-3-2-4-8;/h8,13H,2-7H2,1H3,(H3,10,11,12);1H. The molecule has 0 heterocycles. The van der Waals surface area contributed by atoms with Gasteiger partial charge in [-0.3, -0.25) is 4.99 Å². The van der Waals surface area contributed by atoms with E-state index < -0.39 is 10.0 Å². The molecule has 1 aliphatic carbocycles. The molecule has 1 fully saturated rings. The number of aliphatic imine (C=N–C) groups is 1. The lowest BCUT2D eigenvalue weighted by Crippen LogP contribution is -2.38. The molecule has 0 spiro atoms. The number of guanidine groups is 1. The molecule has 0 unspecified atom stereocenters. The van der Waals surface area contributed by atoms with Crippen molar-refractivity contribution in [2.45, 2.75) is 19.3 Å². The average Bonchev–Trinajstić information content (AvgIpc) is 2.08. The zero-order valence-electron chi connectivity index (χ0n) is 9.98. The van der Waals surface area contributed by atoms with Crippen molar-refractivity contribution in [1.82, 2.24) is 10.0 Å². The minimum absolute atomic E-state index is 0. The van der Waals surface area contributed by atoms with Gasteiger partial charge in [0.2, 0.25) is 10.0 Å². The van der Waals surface area contributed by atoms with Gasteiger partial charge >= 0.3 is 0 Å². The predicted molar refractivity (Wildman–Crippen MR) is 80.1 cm³/mol. The van der Waals surface area contributed by atoms with E-state index in [1.54, 1.807) is 0 Å². The van der Waals surface area contributed by atoms with Gasteiger partial charge in [0.15, 0.2) is 5.96 Å². The zero-order valence-corrected chi connectivity index (χ0v) is 13.1. The maximum Gasteiger partial charge on any atom is 0.208 e. The largest absolute Gasteiger partial charge is 0.370 e. The smallest absolute Gasteiger partial charge is 0.208 e. The summed E-state index contributed by atoms with van der Waals surface area (Å²) in [4.78, 5) is 4.19. The molecule has 0 bridgehead atoms. The molecular weight excluding hydrogens is 355 g/mol. The van der Waals surface area contributed by atoms with Crippen LogP contribution in [0.2, 0.25) is 0 Å². The van der Waals surface area contributed by atoms with Crippen molar-refractivity contribution in [2.24, 2.45) is 16.6 Å². The first-order chi connectivity index (χ1) is 7.47. The fourth-order valence-electron chi connectivity index (χ4n) is 1.39. The Morgan fingerprint density at radius 2 is 2.06 bits per heavy atom. The van der Waals surface area contributed by atoms with E-state index in [1.165, 1.54) is 19.3 Å². The number of nitrogens with two attached hydrogens (primary N) is 1. The zero-order chi connectivity index (χ0) is 12.0. The second kappa shape index (κ2) is 8.09. The van der Waals surface area contributed by atoms with E-state index in [0.717, 1.165) is 12.8 Å². The number of sulfonamides is 1. The summed E-state index contributed by atoms with van der Waals surface area (Å²) >= 11 is 0. The summed E-state index contributed by atoms with van der Waals surface area (Å²) in [5, 5.41) is 2.86. The highest BCUT2D eigenvalue weighted by Gasteiger charge is 2.16. The Labute approximate surface area is 120 Å². The minimum Gasteiger partial charge on any atom is -0.370 e. The lowest BCUT2D eigenvalue weighted by Gasteiger charge is -2.23. The Bertz CT molecular complexity index is 341. The molecule has 1 rings (SSSR count). The van der Waals surface area contributed by atoms with E-state index in [-0.39, 0.29) is 24.0 Å². The van der Waals surface area contributed by atoms with Gasteiger partial charge in [0, 0.05) is 19.6 Å². The number of rotatable bonds is 6. The third-order valence-corrected chi connectivity index (χ3v) is 3.27. The Morgan fingerprint density at radius 1 is 1.41 bits per heavy atom. The Morgan fingerprint density at radius 3 is 2.53 bits per heavy atom. The van der Waals surface area contributed by atoms with Gasteiger partial charge in [-0.25, -0.2) is 13.1 Å². The van der Waals surface area contributed by atoms with E-state index in [1.807, 2.05) is 0 Å². The van der Waals surface area contributed by atoms with E-state index in [9.17, 15) is 8.42 Å². The van der Waals surface area contributed by atoms with Crippen LogP contribution in [0, 0.1) is 5.92 Å². The van der Waals surface area contributed by atoms with Crippen LogP contribution >= 0.6 is 24.0 Å². The molecule has 6 nitrogen and oxygen atoms in total. The maximum atomic E-state index is 10.7. The van der Waals surface area contributed by atoms with Crippen LogP contribution in [0.15, 0.2) is 4.99 Å². The van der Waals surface area contributed by atoms with Crippen molar-refractivity contribution < 1.29 is 8.42 Å². The molecule has 0 amide bonds. The van der Waals surface area contributed by atoms with Crippen LogP contribution < -0.4 is 15.8 Å². The average molecular weight is 376 g/mol. The second-order valence-electron chi connectivity index (χ2n) is 4.12. The highest BCUT2D eigenvalue weighted by Crippen LogP contribution is 2.26. The Kier molecular flexibility index (Phi) is 8.05. The van der Waals surface area contributed by atoms with Crippen molar-refractivity contribution >= 4 is 40.0 Å². The van der Waals surface area contributed by atoms with Gasteiger partial charge in [0.25, 0.3) is 0 Å². The van der Waals surface area contributed by atoms with E-state index in [4.69, 9.17) is 5.73 Å². The fourth-order valence-corrected chi connectivity index (χ4v) is 1.86. The summed E-state index contributed by atoms with van der Waals surface area (Å²) in [5.74, 6) is 1.08. The number of nitrogens with zero attached hydrogens (tertiary/aromatic N) is 1.